The van der Waals surface area contributed by atoms with Gasteiger partial charge in [-0.25, -0.2) is 79.0 Å². The number of hydrogen-bond acceptors (Lipinski definition) is 31. The Morgan fingerprint density at radius 1 is 0.486 bits per heavy atom. The van der Waals surface area contributed by atoms with Crippen molar-refractivity contribution in [3.8, 4) is 51.2 Å². The highest BCUT2D eigenvalue weighted by Crippen LogP contribution is 2.45. The van der Waals surface area contributed by atoms with Gasteiger partial charge in [-0.05, 0) is 276 Å². The number of hydrogen-bond donors (Lipinski definition) is 8. The van der Waals surface area contributed by atoms with Gasteiger partial charge in [-0.2, -0.15) is 13.7 Å². The van der Waals surface area contributed by atoms with E-state index in [2.05, 4.69) is 138 Å². The van der Waals surface area contributed by atoms with E-state index in [1.54, 1.807) is 74.0 Å². The van der Waals surface area contributed by atoms with Crippen LogP contribution in [-0.4, -0.2) is 172 Å². The third-order valence-electron chi connectivity index (χ3n) is 25.1. The van der Waals surface area contributed by atoms with E-state index >= 15 is 0 Å². The smallest absolute Gasteiger partial charge is 0.281 e. The number of pyridine rings is 8. The molecule has 4 atom stereocenters. The summed E-state index contributed by atoms with van der Waals surface area (Å²) in [6.07, 6.45) is 11.1. The number of benzene rings is 3. The number of sulfonamides is 4. The maximum atomic E-state index is 13.4. The number of carbonyl (C=O) groups is 4. The quantitative estimate of drug-likeness (QED) is 0.0295. The monoisotopic (exact) mass is 1980 g/mol. The molecule has 5 saturated heterocycles. The van der Waals surface area contributed by atoms with Gasteiger partial charge >= 0.3 is 0 Å². The first-order valence-corrected chi connectivity index (χ1v) is 51.7. The van der Waals surface area contributed by atoms with Crippen LogP contribution in [0.4, 0.5) is 40.7 Å². The van der Waals surface area contributed by atoms with Crippen LogP contribution in [0.2, 0.25) is 0 Å². The number of carbonyl (C=O) groups excluding carboxylic acids is 4. The summed E-state index contributed by atoms with van der Waals surface area (Å²) in [6, 6.07) is 46.2. The molecular weight excluding hydrogens is 1870 g/mol. The fourth-order valence-corrected chi connectivity index (χ4v) is 23.1. The highest BCUT2D eigenvalue weighted by Gasteiger charge is 2.45. The molecule has 11 N–H and O–H groups in total. The first kappa shape index (κ1) is 103. The van der Waals surface area contributed by atoms with Crippen molar-refractivity contribution in [3.05, 3.63) is 238 Å². The summed E-state index contributed by atoms with van der Waals surface area (Å²) in [4.78, 5) is 106. The molecule has 0 saturated carbocycles. The molecule has 5 fully saturated rings. The van der Waals surface area contributed by atoms with E-state index in [1.807, 2.05) is 76.9 Å². The molecule has 0 bridgehead atoms. The summed E-state index contributed by atoms with van der Waals surface area (Å²) in [5.41, 5.74) is 22.3. The van der Waals surface area contributed by atoms with Crippen molar-refractivity contribution in [1.82, 2.24) is 58.8 Å². The number of nitrogens with two attached hydrogens (primary N) is 3. The second kappa shape index (κ2) is 42.0. The van der Waals surface area contributed by atoms with Crippen LogP contribution in [0.3, 0.4) is 0 Å². The van der Waals surface area contributed by atoms with E-state index in [0.717, 1.165) is 79.3 Å². The van der Waals surface area contributed by atoms with E-state index < -0.39 is 74.2 Å². The summed E-state index contributed by atoms with van der Waals surface area (Å²) in [5, 5.41) is 8.91. The number of para-hydroxylation sites is 1. The van der Waals surface area contributed by atoms with E-state index in [1.165, 1.54) is 67.1 Å². The molecule has 36 nitrogen and oxygen atoms in total. The number of aryl methyl sites for hydroxylation is 1. The van der Waals surface area contributed by atoms with Crippen molar-refractivity contribution >= 4 is 104 Å². The van der Waals surface area contributed by atoms with Crippen molar-refractivity contribution in [2.45, 2.75) is 183 Å². The maximum Gasteiger partial charge on any atom is 0.281 e. The maximum absolute atomic E-state index is 13.4. The van der Waals surface area contributed by atoms with E-state index in [4.69, 9.17) is 46.4 Å². The average molecular weight is 1980 g/mol. The van der Waals surface area contributed by atoms with Crippen LogP contribution in [0.5, 0.6) is 11.5 Å². The third-order valence-corrected chi connectivity index (χ3v) is 30.4. The molecule has 16 rings (SSSR count). The van der Waals surface area contributed by atoms with Crippen LogP contribution >= 0.6 is 0 Å². The molecule has 0 spiro atoms. The van der Waals surface area contributed by atoms with Gasteiger partial charge in [-0.3, -0.25) is 24.0 Å². The number of ether oxygens (including phenoxy) is 3. The molecule has 40 heteroatoms. The molecule has 5 aliphatic rings. The largest absolute Gasteiger partial charge is 0.496 e. The average Bonchev–Trinajstić information content (AvgIpc) is 1.53. The van der Waals surface area contributed by atoms with Crippen LogP contribution in [0, 0.1) is 41.9 Å². The summed E-state index contributed by atoms with van der Waals surface area (Å²) in [5.74, 6) is 1.38. The number of nitrogens with one attached hydrogen (secondary N) is 5. The number of nitrogen functional groups attached to an aromatic ring is 3. The van der Waals surface area contributed by atoms with Gasteiger partial charge in [0.25, 0.3) is 69.3 Å². The van der Waals surface area contributed by atoms with Gasteiger partial charge in [0, 0.05) is 115 Å². The van der Waals surface area contributed by atoms with Gasteiger partial charge in [-0.1, -0.05) is 58.0 Å². The molecule has 3 aromatic carbocycles. The Morgan fingerprint density at radius 2 is 0.957 bits per heavy atom. The van der Waals surface area contributed by atoms with E-state index in [-0.39, 0.29) is 82.6 Å². The van der Waals surface area contributed by atoms with Crippen molar-refractivity contribution in [2.75, 3.05) is 89.9 Å². The number of amides is 4. The van der Waals surface area contributed by atoms with Gasteiger partial charge in [0.1, 0.15) is 62.0 Å². The lowest BCUT2D eigenvalue weighted by Gasteiger charge is -2.34. The Bertz CT molecular complexity index is 7130. The van der Waals surface area contributed by atoms with E-state index in [0.29, 0.717) is 120 Å². The lowest BCUT2D eigenvalue weighted by Crippen LogP contribution is -2.41. The lowest BCUT2D eigenvalue weighted by atomic mass is 9.95. The number of methoxy groups -OCH3 is 1. The Hall–Kier alpha value is -14.0. The Balaban J connectivity index is 0.000000157. The summed E-state index contributed by atoms with van der Waals surface area (Å²) >= 11 is 0. The Morgan fingerprint density at radius 3 is 1.44 bits per heavy atom. The van der Waals surface area contributed by atoms with Gasteiger partial charge in [0.15, 0.2) is 9.92 Å². The molecule has 1 unspecified atom stereocenters. The molecule has 140 heavy (non-hydrogen) atoms. The fraction of sp³-hybridized carbons (Fsp3) is 0.370. The first-order chi connectivity index (χ1) is 66.0. The number of anilines is 7. The molecule has 11 aromatic rings. The van der Waals surface area contributed by atoms with Crippen LogP contribution in [0.15, 0.2) is 213 Å². The standard InChI is InChI=1S/C26H31N5O4S.C26H30N4O5S.C25H26N6O3S.C23H31N5O4S/c1-16-14-26(3,4)31(15-16)24-19(25(32)30-36(33,34)22-7-6-12-28-23(22)27)9-10-20(29-24)18-8-11-21(35-5)17(2)13-18;1-5-35-21-10-7-6-9-18(21)20-13-12-19(23(28-20)30-16-17(2)15-26(30,3)4)24(31)29-36(33,34)22-11-8-14-27-25(22)32;1-16-12-25(2,3)31(15-16)23-20(11-19(14-28-23)18-7-4-6-17(10-18)13-26)24(32)30-35(33,34)22-9-5-8-21(27)29-22;1-15-13-23(2,3)28(14-15)21-17(6-7-18(26-21)16-8-11-32-12-9-16)22(29)27-33(30,31)19-5-4-10-25-20(19)24/h6-13,16H,14-15H2,1-5H3,(H2,27,28)(H,30,32);6-14,17H,5,15-16H2,1-4H3,(H,27,32)(H,29,31);4-11,14,16H,12,15H2,1-3H3,(H2,27,29)(H,30,32);4-7,10,15-16H,8-9,11-14H2,1-3H3,(H2,24,25)(H,27,29)/t16-;17-;;15-/m00.0/s1. The minimum atomic E-state index is -4.40. The van der Waals surface area contributed by atoms with Gasteiger partial charge in [-0.15, -0.1) is 0 Å². The van der Waals surface area contributed by atoms with Gasteiger partial charge in [0.2, 0.25) is 0 Å². The highest BCUT2D eigenvalue weighted by atomic mass is 32.2. The molecular formula is C100H118N20O16S4. The van der Waals surface area contributed by atoms with Crippen LogP contribution < -0.4 is 70.7 Å². The second-order valence-electron chi connectivity index (χ2n) is 38.2. The van der Waals surface area contributed by atoms with Gasteiger partial charge < -0.3 is 56.0 Å². The summed E-state index contributed by atoms with van der Waals surface area (Å²) in [7, 11) is -15.5. The Labute approximate surface area is 816 Å². The molecule has 0 aliphatic carbocycles. The zero-order valence-corrected chi connectivity index (χ0v) is 84.0. The van der Waals surface area contributed by atoms with Gasteiger partial charge in [0.05, 0.1) is 59.0 Å². The number of aromatic nitrogens is 8. The van der Waals surface area contributed by atoms with Crippen molar-refractivity contribution in [2.24, 2.45) is 23.7 Å². The number of aromatic amines is 1. The van der Waals surface area contributed by atoms with Crippen LogP contribution in [0.1, 0.15) is 193 Å². The molecule has 13 heterocycles. The SMILES string of the molecule is CC1CN(c2ncc(-c3cccc(C#N)c3)cc2C(=O)NS(=O)(=O)c2cccc(N)n2)C(C)(C)C1.CCOc1ccccc1-c1ccc(C(=O)NS(=O)(=O)c2ccc[nH]c2=O)c(N2C[C@@H](C)CC2(C)C)n1.COc1ccc(-c2ccc(C(=O)NS(=O)(=O)c3cccnc3N)c(N3C[C@@H](C)CC3(C)C)n2)cc1C.C[C@@H]1CN(c2nc(C3CCOCC3)ccc2C(=O)NS(=O)(=O)c2cccnc2N)C(C)(C)C1. The topological polar surface area (TPSA) is 519 Å². The minimum Gasteiger partial charge on any atom is -0.496 e. The first-order valence-electron chi connectivity index (χ1n) is 45.7. The highest BCUT2D eigenvalue weighted by molar-refractivity contribution is 7.91. The molecule has 0 radical (unpaired) electrons. The molecule has 4 amide bonds. The number of nitrogens with zero attached hydrogens (tertiary/aromatic N) is 12. The zero-order chi connectivity index (χ0) is 102. The zero-order valence-electron chi connectivity index (χ0n) is 80.7. The minimum absolute atomic E-state index is 0.0230. The van der Waals surface area contributed by atoms with Crippen LogP contribution in [0.25, 0.3) is 33.6 Å². The van der Waals surface area contributed by atoms with Crippen molar-refractivity contribution in [3.63, 3.8) is 0 Å². The molecule has 8 aromatic heterocycles. The molecule has 5 aliphatic heterocycles. The predicted octanol–water partition coefficient (Wildman–Crippen LogP) is 13.4. The molecule has 738 valence electrons. The number of rotatable bonds is 23. The summed E-state index contributed by atoms with van der Waals surface area (Å²) in [6.45, 7) is 33.7. The number of nitriles is 1. The normalized spacial score (nSPS) is 18.1. The lowest BCUT2D eigenvalue weighted by molar-refractivity contribution is 0.0844. The van der Waals surface area contributed by atoms with E-state index in [9.17, 15) is 62.9 Å². The Kier molecular flexibility index (Phi) is 31.0. The predicted molar refractivity (Wildman–Crippen MR) is 536 cm³/mol. The number of H-pyrrole nitrogens is 1. The van der Waals surface area contributed by atoms with Crippen molar-refractivity contribution in [1.29, 1.82) is 5.26 Å². The summed E-state index contributed by atoms with van der Waals surface area (Å²) < 4.78 is 128. The fourth-order valence-electron chi connectivity index (χ4n) is 19.0. The van der Waals surface area contributed by atoms with Crippen molar-refractivity contribution < 1.29 is 67.1 Å². The van der Waals surface area contributed by atoms with Crippen LogP contribution in [-0.2, 0) is 44.8 Å². The second-order valence-corrected chi connectivity index (χ2v) is 44.8. The third kappa shape index (κ3) is 23.6.